The Labute approximate surface area is 198 Å². The number of rotatable bonds is 3. The van der Waals surface area contributed by atoms with Crippen molar-refractivity contribution in [3.8, 4) is 11.3 Å². The van der Waals surface area contributed by atoms with Crippen molar-refractivity contribution in [1.29, 1.82) is 0 Å². The molecule has 0 spiro atoms. The number of anilines is 2. The highest BCUT2D eigenvalue weighted by Crippen LogP contribution is 2.34. The summed E-state index contributed by atoms with van der Waals surface area (Å²) in [6.45, 7) is 0.304. The molecule has 1 N–H and O–H groups in total. The van der Waals surface area contributed by atoms with E-state index in [1.807, 2.05) is 6.07 Å². The number of aliphatic imine (C=N–C) groups is 1. The molecule has 0 atom stereocenters. The Morgan fingerprint density at radius 3 is 2.50 bits per heavy atom. The quantitative estimate of drug-likeness (QED) is 0.332. The summed E-state index contributed by atoms with van der Waals surface area (Å²) < 4.78 is 14.6. The van der Waals surface area contributed by atoms with Gasteiger partial charge in [-0.3, -0.25) is 4.99 Å². The number of hydrogen-bond acceptors (Lipinski definition) is 4. The van der Waals surface area contributed by atoms with E-state index in [-0.39, 0.29) is 5.82 Å². The van der Waals surface area contributed by atoms with Gasteiger partial charge >= 0.3 is 0 Å². The number of benzene rings is 3. The van der Waals surface area contributed by atoms with Crippen LogP contribution in [0.15, 0.2) is 71.9 Å². The number of nitrogens with zero attached hydrogens (tertiary/aromatic N) is 3. The lowest BCUT2D eigenvalue weighted by Crippen LogP contribution is -2.07. The van der Waals surface area contributed by atoms with Crippen molar-refractivity contribution < 1.29 is 4.39 Å². The smallest absolute Gasteiger partial charge is 0.227 e. The van der Waals surface area contributed by atoms with Crippen LogP contribution in [0.4, 0.5) is 16.0 Å². The first-order chi connectivity index (χ1) is 15.5. The summed E-state index contributed by atoms with van der Waals surface area (Å²) in [6.07, 6.45) is 1.72. The van der Waals surface area contributed by atoms with E-state index in [0.717, 1.165) is 11.1 Å². The second-order valence-corrected chi connectivity index (χ2v) is 8.41. The van der Waals surface area contributed by atoms with Crippen LogP contribution in [-0.2, 0) is 6.54 Å². The van der Waals surface area contributed by atoms with Crippen molar-refractivity contribution in [3.63, 3.8) is 0 Å². The van der Waals surface area contributed by atoms with Crippen LogP contribution >= 0.6 is 34.8 Å². The van der Waals surface area contributed by atoms with Gasteiger partial charge in [0.2, 0.25) is 5.95 Å². The maximum absolute atomic E-state index is 14.6. The second kappa shape index (κ2) is 8.51. The monoisotopic (exact) mass is 482 g/mol. The number of nitrogens with one attached hydrogen (secondary N) is 1. The number of hydrogen-bond donors (Lipinski definition) is 1. The van der Waals surface area contributed by atoms with Crippen molar-refractivity contribution >= 4 is 52.2 Å². The largest absolute Gasteiger partial charge is 0.324 e. The lowest BCUT2D eigenvalue weighted by Gasteiger charge is -2.13. The number of aromatic nitrogens is 2. The fourth-order valence-electron chi connectivity index (χ4n) is 3.57. The predicted octanol–water partition coefficient (Wildman–Crippen LogP) is 7.34. The van der Waals surface area contributed by atoms with Gasteiger partial charge in [-0.2, -0.15) is 0 Å². The molecular formula is C24H14Cl3FN4. The zero-order valence-electron chi connectivity index (χ0n) is 16.4. The van der Waals surface area contributed by atoms with Crippen LogP contribution in [0.3, 0.4) is 0 Å². The van der Waals surface area contributed by atoms with Gasteiger partial charge in [-0.05, 0) is 42.5 Å². The summed E-state index contributed by atoms with van der Waals surface area (Å²) in [7, 11) is 0. The summed E-state index contributed by atoms with van der Waals surface area (Å²) >= 11 is 18.4. The third kappa shape index (κ3) is 3.95. The second-order valence-electron chi connectivity index (χ2n) is 7.16. The maximum atomic E-state index is 14.6. The zero-order valence-corrected chi connectivity index (χ0v) is 18.7. The molecule has 3 aromatic carbocycles. The highest BCUT2D eigenvalue weighted by Gasteiger charge is 2.23. The maximum Gasteiger partial charge on any atom is 0.227 e. The van der Waals surface area contributed by atoms with Crippen LogP contribution in [0.2, 0.25) is 15.1 Å². The molecule has 0 radical (unpaired) electrons. The Balaban J connectivity index is 1.62. The Morgan fingerprint density at radius 2 is 1.69 bits per heavy atom. The van der Waals surface area contributed by atoms with Gasteiger partial charge in [0.15, 0.2) is 0 Å². The van der Waals surface area contributed by atoms with Crippen LogP contribution in [0.5, 0.6) is 0 Å². The molecular weight excluding hydrogens is 470 g/mol. The Morgan fingerprint density at radius 1 is 0.844 bits per heavy atom. The van der Waals surface area contributed by atoms with Gasteiger partial charge in [-0.25, -0.2) is 14.4 Å². The van der Waals surface area contributed by atoms with E-state index in [9.17, 15) is 4.39 Å². The van der Waals surface area contributed by atoms with Crippen LogP contribution in [-0.4, -0.2) is 15.7 Å². The molecule has 4 aromatic rings. The van der Waals surface area contributed by atoms with E-state index in [0.29, 0.717) is 55.8 Å². The minimum atomic E-state index is -0.351. The first-order valence-electron chi connectivity index (χ1n) is 9.67. The van der Waals surface area contributed by atoms with Gasteiger partial charge in [0.25, 0.3) is 0 Å². The molecule has 2 heterocycles. The van der Waals surface area contributed by atoms with E-state index in [1.54, 1.807) is 54.7 Å². The third-order valence-corrected chi connectivity index (χ3v) is 6.04. The summed E-state index contributed by atoms with van der Waals surface area (Å²) in [4.78, 5) is 13.9. The normalized spacial score (nSPS) is 12.4. The minimum Gasteiger partial charge on any atom is -0.324 e. The molecule has 0 aliphatic carbocycles. The lowest BCUT2D eigenvalue weighted by atomic mass is 9.95. The van der Waals surface area contributed by atoms with Crippen LogP contribution < -0.4 is 5.32 Å². The average molecular weight is 484 g/mol. The van der Waals surface area contributed by atoms with Gasteiger partial charge in [-0.15, -0.1) is 0 Å². The molecule has 5 rings (SSSR count). The lowest BCUT2D eigenvalue weighted by molar-refractivity contribution is 0.625. The molecule has 4 nitrogen and oxygen atoms in total. The van der Waals surface area contributed by atoms with Gasteiger partial charge in [0.05, 0.1) is 28.0 Å². The van der Waals surface area contributed by atoms with Crippen LogP contribution in [0.1, 0.15) is 16.7 Å². The van der Waals surface area contributed by atoms with Crippen molar-refractivity contribution in [2.75, 3.05) is 5.32 Å². The molecule has 158 valence electrons. The number of halogens is 4. The topological polar surface area (TPSA) is 50.2 Å². The van der Waals surface area contributed by atoms with Crippen LogP contribution in [0, 0.1) is 5.82 Å². The molecule has 1 aliphatic heterocycles. The summed E-state index contributed by atoms with van der Waals surface area (Å²) in [5, 5.41) is 4.56. The molecule has 8 heteroatoms. The fourth-order valence-corrected chi connectivity index (χ4v) is 4.04. The van der Waals surface area contributed by atoms with Crippen molar-refractivity contribution in [3.05, 3.63) is 104 Å². The van der Waals surface area contributed by atoms with E-state index in [4.69, 9.17) is 44.8 Å². The van der Waals surface area contributed by atoms with E-state index in [1.165, 1.54) is 6.07 Å². The van der Waals surface area contributed by atoms with E-state index in [2.05, 4.69) is 10.3 Å². The fraction of sp³-hybridized carbons (Fsp3) is 0.0417. The van der Waals surface area contributed by atoms with Gasteiger partial charge in [0.1, 0.15) is 5.82 Å². The van der Waals surface area contributed by atoms with Gasteiger partial charge < -0.3 is 5.32 Å². The first kappa shape index (κ1) is 20.9. The molecule has 32 heavy (non-hydrogen) atoms. The highest BCUT2D eigenvalue weighted by atomic mass is 35.5. The molecule has 1 aliphatic rings. The van der Waals surface area contributed by atoms with Crippen molar-refractivity contribution in [2.24, 2.45) is 4.99 Å². The molecule has 0 bridgehead atoms. The minimum absolute atomic E-state index is 0.304. The molecule has 1 aromatic heterocycles. The summed E-state index contributed by atoms with van der Waals surface area (Å²) in [5.74, 6) is 0.0357. The molecule has 0 fully saturated rings. The predicted molar refractivity (Wildman–Crippen MR) is 128 cm³/mol. The number of fused-ring (bicyclic) bond motifs is 3. The third-order valence-electron chi connectivity index (χ3n) is 5.07. The molecule has 0 saturated heterocycles. The average Bonchev–Trinajstić information content (AvgIpc) is 2.93. The Hall–Kier alpha value is -2.99. The van der Waals surface area contributed by atoms with Gasteiger partial charge in [0, 0.05) is 39.2 Å². The Bertz CT molecular complexity index is 1390. The zero-order chi connectivity index (χ0) is 22.2. The van der Waals surface area contributed by atoms with Gasteiger partial charge in [-0.1, -0.05) is 53.0 Å². The summed E-state index contributed by atoms with van der Waals surface area (Å²) in [5.41, 5.74) is 4.66. The first-order valence-corrected chi connectivity index (χ1v) is 10.8. The van der Waals surface area contributed by atoms with Crippen molar-refractivity contribution in [2.45, 2.75) is 6.54 Å². The standard InChI is InChI=1S/C24H14Cl3FN4/c25-14-5-7-16-18(9-14)23(17-3-1-2-4-21(17)28)29-11-13-12-30-24(32-22(13)16)31-15-6-8-19(26)20(27)10-15/h1-10,12H,11H2,(H,30,31,32). The van der Waals surface area contributed by atoms with E-state index < -0.39 is 0 Å². The Kier molecular flexibility index (Phi) is 5.55. The SMILES string of the molecule is Fc1ccccc1C1=NCc2cnc(Nc3ccc(Cl)c(Cl)c3)nc2-c2ccc(Cl)cc21. The highest BCUT2D eigenvalue weighted by molar-refractivity contribution is 6.42. The molecule has 0 amide bonds. The van der Waals surface area contributed by atoms with Crippen molar-refractivity contribution in [1.82, 2.24) is 9.97 Å². The van der Waals surface area contributed by atoms with E-state index >= 15 is 0 Å². The summed E-state index contributed by atoms with van der Waals surface area (Å²) in [6, 6.07) is 17.2. The molecule has 0 saturated carbocycles. The van der Waals surface area contributed by atoms with Crippen LogP contribution in [0.25, 0.3) is 11.3 Å². The molecule has 0 unspecified atom stereocenters.